The molecule has 3 rings (SSSR count). The maximum atomic E-state index is 13.3. The van der Waals surface area contributed by atoms with Crippen LogP contribution in [-0.4, -0.2) is 50.2 Å². The number of ketones is 1. The predicted molar refractivity (Wildman–Crippen MR) is 116 cm³/mol. The van der Waals surface area contributed by atoms with Crippen LogP contribution >= 0.6 is 0 Å². The Balaban J connectivity index is 1.81. The van der Waals surface area contributed by atoms with Crippen LogP contribution in [0.5, 0.6) is 0 Å². The molecule has 166 valence electrons. The number of rotatable bonds is 7. The van der Waals surface area contributed by atoms with Gasteiger partial charge in [0.15, 0.2) is 11.9 Å². The van der Waals surface area contributed by atoms with Crippen LogP contribution in [0.15, 0.2) is 23.8 Å². The Kier molecular flexibility index (Phi) is 5.69. The molecule has 2 bridgehead atoms. The maximum absolute atomic E-state index is 13.3. The van der Waals surface area contributed by atoms with Gasteiger partial charge in [0.25, 0.3) is 0 Å². The highest BCUT2D eigenvalue weighted by molar-refractivity contribution is 6.76. The number of allylic oxidation sites excluding steroid dienone is 1. The largest absolute Gasteiger partial charge is 0.448 e. The number of fused-ring (bicyclic) bond motifs is 2. The zero-order valence-corrected chi connectivity index (χ0v) is 20.2. The molecule has 0 aromatic carbocycles. The zero-order valence-electron chi connectivity index (χ0n) is 19.2. The highest BCUT2D eigenvalue weighted by Gasteiger charge is 2.76. The monoisotopic (exact) mass is 434 g/mol. The second kappa shape index (κ2) is 7.45. The molecule has 3 aliphatic rings. The van der Waals surface area contributed by atoms with E-state index in [0.717, 1.165) is 6.04 Å². The van der Waals surface area contributed by atoms with Crippen LogP contribution < -0.4 is 0 Å². The van der Waals surface area contributed by atoms with Crippen molar-refractivity contribution in [1.82, 2.24) is 0 Å². The zero-order chi connectivity index (χ0) is 22.5. The van der Waals surface area contributed by atoms with Crippen LogP contribution in [0.2, 0.25) is 25.7 Å². The van der Waals surface area contributed by atoms with Crippen molar-refractivity contribution >= 4 is 25.8 Å². The molecule has 30 heavy (non-hydrogen) atoms. The first-order valence-electron chi connectivity index (χ1n) is 10.7. The number of ether oxygens (including phenoxy) is 3. The standard InChI is InChI=1S/C23H34O6Si/c1-8-9-15-14-16(24)18(17(15)27-12-13-30(5,6)7)28-20(26)23-11-10-22(4,19(25)29-23)21(23,2)3/h8-9,14,17-18H,10-13H2,1-7H3/b9-8+/t17-,18-,22-,23+/m0/s1. The molecule has 0 aromatic heterocycles. The summed E-state index contributed by atoms with van der Waals surface area (Å²) < 4.78 is 17.5. The summed E-state index contributed by atoms with van der Waals surface area (Å²) in [5.41, 5.74) is -2.10. The van der Waals surface area contributed by atoms with Crippen molar-refractivity contribution in [3.8, 4) is 0 Å². The van der Waals surface area contributed by atoms with Gasteiger partial charge in [-0.05, 0) is 44.4 Å². The van der Waals surface area contributed by atoms with E-state index in [1.54, 1.807) is 0 Å². The third-order valence-electron chi connectivity index (χ3n) is 7.35. The third kappa shape index (κ3) is 3.40. The molecule has 1 heterocycles. The molecular weight excluding hydrogens is 400 g/mol. The van der Waals surface area contributed by atoms with Crippen LogP contribution in [0, 0.1) is 10.8 Å². The lowest BCUT2D eigenvalue weighted by Crippen LogP contribution is -2.51. The Labute approximate surface area is 180 Å². The Hall–Kier alpha value is -1.73. The van der Waals surface area contributed by atoms with Crippen molar-refractivity contribution < 1.29 is 28.6 Å². The molecule has 2 aliphatic carbocycles. The molecule has 4 atom stereocenters. The highest BCUT2D eigenvalue weighted by Crippen LogP contribution is 2.65. The molecule has 1 saturated carbocycles. The number of hydrogen-bond donors (Lipinski definition) is 0. The van der Waals surface area contributed by atoms with Gasteiger partial charge in [0.05, 0.1) is 5.41 Å². The number of carbonyl (C=O) groups is 3. The van der Waals surface area contributed by atoms with E-state index in [-0.39, 0.29) is 11.8 Å². The van der Waals surface area contributed by atoms with Crippen LogP contribution in [0.4, 0.5) is 0 Å². The molecule has 0 radical (unpaired) electrons. The van der Waals surface area contributed by atoms with Gasteiger partial charge in [0.1, 0.15) is 6.10 Å². The molecule has 7 heteroatoms. The second-order valence-electron chi connectivity index (χ2n) is 10.6. The van der Waals surface area contributed by atoms with Crippen LogP contribution in [0.25, 0.3) is 0 Å². The molecule has 2 fully saturated rings. The molecule has 1 saturated heterocycles. The molecule has 0 N–H and O–H groups in total. The second-order valence-corrected chi connectivity index (χ2v) is 16.3. The number of esters is 2. The van der Waals surface area contributed by atoms with E-state index in [0.29, 0.717) is 25.0 Å². The fourth-order valence-electron chi connectivity index (χ4n) is 4.70. The molecular formula is C23H34O6Si. The van der Waals surface area contributed by atoms with Gasteiger partial charge in [-0.15, -0.1) is 0 Å². The minimum Gasteiger partial charge on any atom is -0.448 e. The van der Waals surface area contributed by atoms with Gasteiger partial charge in [0.2, 0.25) is 5.60 Å². The molecule has 0 unspecified atom stereocenters. The maximum Gasteiger partial charge on any atom is 0.352 e. The van der Waals surface area contributed by atoms with Crippen LogP contribution in [-0.2, 0) is 28.6 Å². The van der Waals surface area contributed by atoms with Gasteiger partial charge >= 0.3 is 11.9 Å². The average Bonchev–Trinajstić information content (AvgIpc) is 3.07. The van der Waals surface area contributed by atoms with E-state index in [1.807, 2.05) is 39.8 Å². The molecule has 6 nitrogen and oxygen atoms in total. The van der Waals surface area contributed by atoms with E-state index in [1.165, 1.54) is 6.08 Å². The Morgan fingerprint density at radius 2 is 1.87 bits per heavy atom. The average molecular weight is 435 g/mol. The van der Waals surface area contributed by atoms with E-state index in [2.05, 4.69) is 19.6 Å². The minimum absolute atomic E-state index is 0.297. The lowest BCUT2D eigenvalue weighted by molar-refractivity contribution is -0.191. The van der Waals surface area contributed by atoms with Crippen molar-refractivity contribution in [3.05, 3.63) is 23.8 Å². The predicted octanol–water partition coefficient (Wildman–Crippen LogP) is 3.83. The summed E-state index contributed by atoms with van der Waals surface area (Å²) in [5.74, 6) is -1.31. The van der Waals surface area contributed by atoms with Crippen molar-refractivity contribution in [2.45, 2.75) is 84.0 Å². The first-order valence-corrected chi connectivity index (χ1v) is 14.4. The SMILES string of the molecule is C/C=C/C1=CC(=O)[C@H](OC(=O)[C@@]23CC[C@@](C)(C(=O)O2)C3(C)C)[C@H]1OCC[Si](C)(C)C. The van der Waals surface area contributed by atoms with Gasteiger partial charge in [0, 0.05) is 20.1 Å². The summed E-state index contributed by atoms with van der Waals surface area (Å²) in [6, 6.07) is 0.939. The number of hydrogen-bond acceptors (Lipinski definition) is 6. The van der Waals surface area contributed by atoms with Gasteiger partial charge in [-0.1, -0.05) is 45.6 Å². The Bertz CT molecular complexity index is 820. The van der Waals surface area contributed by atoms with Crippen molar-refractivity contribution in [2.75, 3.05) is 6.61 Å². The molecule has 1 aliphatic heterocycles. The fraction of sp³-hybridized carbons (Fsp3) is 0.696. The number of carbonyl (C=O) groups excluding carboxylic acids is 3. The van der Waals surface area contributed by atoms with Crippen molar-refractivity contribution in [2.24, 2.45) is 10.8 Å². The normalized spacial score (nSPS) is 35.1. The van der Waals surface area contributed by atoms with Gasteiger partial charge in [-0.3, -0.25) is 9.59 Å². The summed E-state index contributed by atoms with van der Waals surface area (Å²) in [5, 5.41) is 0. The first kappa shape index (κ1) is 22.9. The minimum atomic E-state index is -1.36. The van der Waals surface area contributed by atoms with Crippen LogP contribution in [0.1, 0.15) is 40.5 Å². The smallest absolute Gasteiger partial charge is 0.352 e. The highest BCUT2D eigenvalue weighted by atomic mass is 28.3. The Morgan fingerprint density at radius 1 is 1.20 bits per heavy atom. The van der Waals surface area contributed by atoms with Gasteiger partial charge < -0.3 is 14.2 Å². The van der Waals surface area contributed by atoms with Gasteiger partial charge in [-0.25, -0.2) is 4.79 Å². The van der Waals surface area contributed by atoms with Gasteiger partial charge in [-0.2, -0.15) is 0 Å². The summed E-state index contributed by atoms with van der Waals surface area (Å²) in [6.07, 6.45) is 4.40. The summed E-state index contributed by atoms with van der Waals surface area (Å²) in [6.45, 7) is 14.7. The van der Waals surface area contributed by atoms with E-state index in [4.69, 9.17) is 14.2 Å². The van der Waals surface area contributed by atoms with Crippen molar-refractivity contribution in [3.63, 3.8) is 0 Å². The third-order valence-corrected chi connectivity index (χ3v) is 9.05. The van der Waals surface area contributed by atoms with E-state index in [9.17, 15) is 14.4 Å². The van der Waals surface area contributed by atoms with E-state index >= 15 is 0 Å². The van der Waals surface area contributed by atoms with Crippen molar-refractivity contribution in [1.29, 1.82) is 0 Å². The van der Waals surface area contributed by atoms with E-state index < -0.39 is 42.7 Å². The fourth-order valence-corrected chi connectivity index (χ4v) is 5.43. The molecule has 0 aromatic rings. The van der Waals surface area contributed by atoms with Crippen LogP contribution in [0.3, 0.4) is 0 Å². The topological polar surface area (TPSA) is 78.9 Å². The summed E-state index contributed by atoms with van der Waals surface area (Å²) in [4.78, 5) is 38.5. The lowest BCUT2D eigenvalue weighted by atomic mass is 9.66. The summed E-state index contributed by atoms with van der Waals surface area (Å²) >= 11 is 0. The molecule has 0 amide bonds. The summed E-state index contributed by atoms with van der Waals surface area (Å²) in [7, 11) is -1.32. The quantitative estimate of drug-likeness (QED) is 0.448. The lowest BCUT2D eigenvalue weighted by Gasteiger charge is -2.35. The molecule has 0 spiro atoms. The Morgan fingerprint density at radius 3 is 2.37 bits per heavy atom. The first-order chi connectivity index (χ1) is 13.8.